The summed E-state index contributed by atoms with van der Waals surface area (Å²) in [6.45, 7) is 2.66. The van der Waals surface area contributed by atoms with Crippen LogP contribution in [0, 0.1) is 10.1 Å². The molecule has 0 aliphatic rings. The third-order valence-corrected chi connectivity index (χ3v) is 6.52. The molecule has 1 atom stereocenters. The predicted octanol–water partition coefficient (Wildman–Crippen LogP) is 4.93. The van der Waals surface area contributed by atoms with E-state index < -0.39 is 11.0 Å². The van der Waals surface area contributed by atoms with Crippen molar-refractivity contribution in [1.82, 2.24) is 14.5 Å². The molecule has 0 aliphatic carbocycles. The number of non-ortho nitro benzene ring substituents is 1. The number of carbonyl (C=O) groups excluding carboxylic acids is 1. The van der Waals surface area contributed by atoms with E-state index in [1.807, 2.05) is 25.1 Å². The molecule has 39 heavy (non-hydrogen) atoms. The van der Waals surface area contributed by atoms with Crippen LogP contribution in [0.1, 0.15) is 42.0 Å². The van der Waals surface area contributed by atoms with E-state index >= 15 is 0 Å². The lowest BCUT2D eigenvalue weighted by Gasteiger charge is -2.32. The molecular weight excluding hydrogens is 500 g/mol. The van der Waals surface area contributed by atoms with Crippen LogP contribution >= 0.6 is 0 Å². The maximum absolute atomic E-state index is 13.9. The number of nitrogens with zero attached hydrogens (tertiary/aromatic N) is 4. The van der Waals surface area contributed by atoms with E-state index in [1.165, 1.54) is 35.9 Å². The summed E-state index contributed by atoms with van der Waals surface area (Å²) in [7, 11) is 3.12. The highest BCUT2D eigenvalue weighted by molar-refractivity contribution is 5.94. The number of nitro benzene ring substituents is 1. The van der Waals surface area contributed by atoms with Crippen molar-refractivity contribution in [3.05, 3.63) is 105 Å². The van der Waals surface area contributed by atoms with E-state index in [1.54, 1.807) is 42.3 Å². The first kappa shape index (κ1) is 27.5. The number of methoxy groups -OCH3 is 2. The maximum Gasteiger partial charge on any atom is 0.269 e. The smallest absolute Gasteiger partial charge is 0.269 e. The van der Waals surface area contributed by atoms with Crippen LogP contribution in [0.5, 0.6) is 5.75 Å². The Bertz CT molecular complexity index is 1530. The van der Waals surface area contributed by atoms with Crippen LogP contribution in [0.15, 0.2) is 77.6 Å². The topological polar surface area (TPSA) is 117 Å². The molecule has 1 amide bonds. The highest BCUT2D eigenvalue weighted by atomic mass is 16.6. The number of amides is 1. The summed E-state index contributed by atoms with van der Waals surface area (Å²) in [4.78, 5) is 45.0. The Hall–Kier alpha value is -4.57. The van der Waals surface area contributed by atoms with Crippen LogP contribution in [0.4, 0.5) is 5.69 Å². The highest BCUT2D eigenvalue weighted by Gasteiger charge is 2.30. The van der Waals surface area contributed by atoms with Crippen molar-refractivity contribution in [3.8, 4) is 11.4 Å². The molecule has 3 aromatic carbocycles. The number of ether oxygens (including phenoxy) is 2. The van der Waals surface area contributed by atoms with Gasteiger partial charge >= 0.3 is 0 Å². The van der Waals surface area contributed by atoms with Gasteiger partial charge in [-0.1, -0.05) is 31.2 Å². The maximum atomic E-state index is 13.9. The minimum absolute atomic E-state index is 0.106. The van der Waals surface area contributed by atoms with Crippen molar-refractivity contribution in [2.24, 2.45) is 0 Å². The molecule has 4 aromatic rings. The van der Waals surface area contributed by atoms with Gasteiger partial charge in [-0.2, -0.15) is 0 Å². The molecule has 0 aliphatic heterocycles. The van der Waals surface area contributed by atoms with Gasteiger partial charge in [-0.05, 0) is 49.2 Å². The standard InChI is InChI=1S/C29H30N4O6/c1-4-24(31(18-9-19-38-2)28(34)20-14-16-21(17-15-20)33(36)37)27-30-23-11-6-5-10-22(23)29(35)32(27)25-12-7-8-13-26(25)39-3/h5-8,10-17,24H,4,9,18-19H2,1-3H3. The molecule has 0 bridgehead atoms. The first-order valence-electron chi connectivity index (χ1n) is 12.6. The molecule has 0 radical (unpaired) electrons. The summed E-state index contributed by atoms with van der Waals surface area (Å²) in [5, 5.41) is 11.6. The van der Waals surface area contributed by atoms with Gasteiger partial charge in [0.1, 0.15) is 11.6 Å². The molecule has 0 saturated carbocycles. The van der Waals surface area contributed by atoms with Gasteiger partial charge in [0.2, 0.25) is 0 Å². The lowest BCUT2D eigenvalue weighted by Crippen LogP contribution is -2.39. The summed E-state index contributed by atoms with van der Waals surface area (Å²) >= 11 is 0. The van der Waals surface area contributed by atoms with Crippen molar-refractivity contribution in [2.75, 3.05) is 27.4 Å². The number of hydrogen-bond donors (Lipinski definition) is 0. The number of carbonyl (C=O) groups is 1. The SMILES string of the molecule is CCC(c1nc2ccccc2c(=O)n1-c1ccccc1OC)N(CCCOC)C(=O)c1ccc([N+](=O)[O-])cc1. The number of fused-ring (bicyclic) bond motifs is 1. The fourth-order valence-corrected chi connectivity index (χ4v) is 4.63. The van der Waals surface area contributed by atoms with Gasteiger partial charge in [0, 0.05) is 38.0 Å². The number of para-hydroxylation sites is 3. The molecule has 4 rings (SSSR count). The Morgan fingerprint density at radius 3 is 2.41 bits per heavy atom. The van der Waals surface area contributed by atoms with Gasteiger partial charge in [-0.15, -0.1) is 0 Å². The first-order valence-corrected chi connectivity index (χ1v) is 12.6. The van der Waals surface area contributed by atoms with Crippen molar-refractivity contribution in [3.63, 3.8) is 0 Å². The monoisotopic (exact) mass is 530 g/mol. The van der Waals surface area contributed by atoms with Crippen LogP contribution in [-0.4, -0.2) is 52.7 Å². The second-order valence-corrected chi connectivity index (χ2v) is 8.87. The summed E-state index contributed by atoms with van der Waals surface area (Å²) in [6, 6.07) is 19.1. The number of nitro groups is 1. The second kappa shape index (κ2) is 12.3. The Kier molecular flexibility index (Phi) is 8.67. The Morgan fingerprint density at radius 1 is 1.05 bits per heavy atom. The third-order valence-electron chi connectivity index (χ3n) is 6.52. The summed E-state index contributed by atoms with van der Waals surface area (Å²) in [5.74, 6) is 0.542. The molecule has 0 N–H and O–H groups in total. The molecule has 0 saturated heterocycles. The van der Waals surface area contributed by atoms with Crippen LogP contribution < -0.4 is 10.3 Å². The highest BCUT2D eigenvalue weighted by Crippen LogP contribution is 2.30. The average molecular weight is 531 g/mol. The van der Waals surface area contributed by atoms with Crippen molar-refractivity contribution in [1.29, 1.82) is 0 Å². The van der Waals surface area contributed by atoms with E-state index in [2.05, 4.69) is 0 Å². The van der Waals surface area contributed by atoms with Crippen LogP contribution in [0.3, 0.4) is 0 Å². The molecule has 1 heterocycles. The molecule has 1 unspecified atom stereocenters. The predicted molar refractivity (Wildman–Crippen MR) is 148 cm³/mol. The Labute approximate surface area is 225 Å². The third kappa shape index (κ3) is 5.65. The van der Waals surface area contributed by atoms with E-state index in [4.69, 9.17) is 14.5 Å². The molecule has 1 aromatic heterocycles. The molecule has 10 nitrogen and oxygen atoms in total. The Balaban J connectivity index is 1.92. The number of benzene rings is 3. The number of hydrogen-bond acceptors (Lipinski definition) is 7. The Morgan fingerprint density at radius 2 is 1.74 bits per heavy atom. The van der Waals surface area contributed by atoms with Gasteiger partial charge in [0.25, 0.3) is 17.2 Å². The van der Waals surface area contributed by atoms with Gasteiger partial charge in [-0.3, -0.25) is 24.3 Å². The molecule has 0 fully saturated rings. The van der Waals surface area contributed by atoms with Crippen LogP contribution in [0.25, 0.3) is 16.6 Å². The fourth-order valence-electron chi connectivity index (χ4n) is 4.63. The summed E-state index contributed by atoms with van der Waals surface area (Å²) < 4.78 is 12.3. The van der Waals surface area contributed by atoms with E-state index in [9.17, 15) is 19.7 Å². The average Bonchev–Trinajstić information content (AvgIpc) is 2.96. The van der Waals surface area contributed by atoms with Crippen LogP contribution in [0.2, 0.25) is 0 Å². The quantitative estimate of drug-likeness (QED) is 0.153. The molecular formula is C29H30N4O6. The lowest BCUT2D eigenvalue weighted by molar-refractivity contribution is -0.384. The van der Waals surface area contributed by atoms with Gasteiger partial charge < -0.3 is 14.4 Å². The minimum atomic E-state index is -0.605. The zero-order valence-corrected chi connectivity index (χ0v) is 22.1. The number of aromatic nitrogens is 2. The van der Waals surface area contributed by atoms with Crippen LogP contribution in [-0.2, 0) is 4.74 Å². The molecule has 10 heteroatoms. The zero-order valence-electron chi connectivity index (χ0n) is 22.1. The summed E-state index contributed by atoms with van der Waals surface area (Å²) in [6.07, 6.45) is 0.990. The van der Waals surface area contributed by atoms with E-state index in [0.29, 0.717) is 59.7 Å². The lowest BCUT2D eigenvalue weighted by atomic mass is 10.1. The minimum Gasteiger partial charge on any atom is -0.495 e. The molecule has 0 spiro atoms. The van der Waals surface area contributed by atoms with Gasteiger partial charge in [0.15, 0.2) is 0 Å². The van der Waals surface area contributed by atoms with Crippen molar-refractivity contribution in [2.45, 2.75) is 25.8 Å². The fraction of sp³-hybridized carbons (Fsp3) is 0.276. The number of rotatable bonds is 11. The van der Waals surface area contributed by atoms with Gasteiger partial charge in [-0.25, -0.2) is 4.98 Å². The zero-order chi connectivity index (χ0) is 27.9. The van der Waals surface area contributed by atoms with E-state index in [-0.39, 0.29) is 17.2 Å². The normalized spacial score (nSPS) is 11.8. The van der Waals surface area contributed by atoms with E-state index in [0.717, 1.165) is 0 Å². The largest absolute Gasteiger partial charge is 0.495 e. The first-order chi connectivity index (χ1) is 18.9. The van der Waals surface area contributed by atoms with Crippen molar-refractivity contribution >= 4 is 22.5 Å². The molecule has 202 valence electrons. The van der Waals surface area contributed by atoms with Crippen molar-refractivity contribution < 1.29 is 19.2 Å². The second-order valence-electron chi connectivity index (χ2n) is 8.87. The summed E-state index contributed by atoms with van der Waals surface area (Å²) in [5.41, 5.74) is 0.936. The van der Waals surface area contributed by atoms with Gasteiger partial charge in [0.05, 0.1) is 34.7 Å².